The molecule has 120 valence electrons. The lowest BCUT2D eigenvalue weighted by atomic mass is 10.0. The Morgan fingerprint density at radius 3 is 2.13 bits per heavy atom. The van der Waals surface area contributed by atoms with Crippen LogP contribution in [0.4, 0.5) is 0 Å². The molecule has 0 aliphatic rings. The topological polar surface area (TPSA) is 35.5 Å². The number of methoxy groups -OCH3 is 1. The van der Waals surface area contributed by atoms with Crippen LogP contribution in [-0.4, -0.2) is 19.2 Å². The number of hydrogen-bond donors (Lipinski definition) is 0. The molecule has 2 rings (SSSR count). The summed E-state index contributed by atoms with van der Waals surface area (Å²) in [6.45, 7) is 4.17. The number of carbonyl (C=O) groups excluding carboxylic acids is 1. The Labute approximate surface area is 137 Å². The van der Waals surface area contributed by atoms with E-state index in [9.17, 15) is 4.79 Å². The van der Waals surface area contributed by atoms with E-state index in [4.69, 9.17) is 4.74 Å². The number of hydrogen-bond acceptors (Lipinski definition) is 3. The van der Waals surface area contributed by atoms with Gasteiger partial charge in [-0.3, -0.25) is 0 Å². The number of esters is 1. The van der Waals surface area contributed by atoms with Crippen molar-refractivity contribution < 1.29 is 14.3 Å². The molecule has 1 unspecified atom stereocenters. The Kier molecular flexibility index (Phi) is 5.98. The Bertz CT molecular complexity index is 654. The first-order chi connectivity index (χ1) is 11.1. The van der Waals surface area contributed by atoms with Gasteiger partial charge in [0.25, 0.3) is 0 Å². The zero-order valence-electron chi connectivity index (χ0n) is 13.8. The minimum absolute atomic E-state index is 0.224. The van der Waals surface area contributed by atoms with Gasteiger partial charge in [0, 0.05) is 6.08 Å². The van der Waals surface area contributed by atoms with E-state index in [0.29, 0.717) is 0 Å². The minimum atomic E-state index is -0.356. The van der Waals surface area contributed by atoms with Gasteiger partial charge in [-0.1, -0.05) is 43.3 Å². The second kappa shape index (κ2) is 8.18. The predicted octanol–water partition coefficient (Wildman–Crippen LogP) is 4.72. The Morgan fingerprint density at radius 1 is 1.04 bits per heavy atom. The molecule has 0 saturated carbocycles. The average Bonchev–Trinajstić information content (AvgIpc) is 2.60. The van der Waals surface area contributed by atoms with Gasteiger partial charge >= 0.3 is 5.97 Å². The number of carbonyl (C=O) groups is 1. The molecule has 0 N–H and O–H groups in total. The van der Waals surface area contributed by atoms with Crippen LogP contribution in [0.3, 0.4) is 0 Å². The summed E-state index contributed by atoms with van der Waals surface area (Å²) < 4.78 is 10.4. The summed E-state index contributed by atoms with van der Waals surface area (Å²) in [4.78, 5) is 11.1. The van der Waals surface area contributed by atoms with Crippen molar-refractivity contribution in [1.82, 2.24) is 0 Å². The van der Waals surface area contributed by atoms with E-state index < -0.39 is 0 Å². The molecule has 0 spiro atoms. The molecule has 0 radical (unpaired) electrons. The summed E-state index contributed by atoms with van der Waals surface area (Å²) in [5.74, 6) is 0.534. The Hall–Kier alpha value is -2.55. The monoisotopic (exact) mass is 310 g/mol. The van der Waals surface area contributed by atoms with Gasteiger partial charge in [-0.2, -0.15) is 0 Å². The summed E-state index contributed by atoms with van der Waals surface area (Å²) in [6, 6.07) is 16.1. The van der Waals surface area contributed by atoms with Crippen LogP contribution in [0.1, 0.15) is 25.8 Å². The molecule has 0 aliphatic carbocycles. The SMILES string of the molecule is CCC(C)Oc1ccc(-c2ccc(/C=C/C(=O)OC)cc2)cc1. The van der Waals surface area contributed by atoms with Crippen molar-refractivity contribution >= 4 is 12.0 Å². The van der Waals surface area contributed by atoms with Gasteiger partial charge in [0.05, 0.1) is 13.2 Å². The molecule has 23 heavy (non-hydrogen) atoms. The van der Waals surface area contributed by atoms with Gasteiger partial charge in [-0.15, -0.1) is 0 Å². The molecular formula is C20H22O3. The zero-order valence-corrected chi connectivity index (χ0v) is 13.8. The van der Waals surface area contributed by atoms with Gasteiger partial charge in [-0.25, -0.2) is 4.79 Å². The fourth-order valence-electron chi connectivity index (χ4n) is 2.06. The molecule has 2 aromatic rings. The zero-order chi connectivity index (χ0) is 16.7. The van der Waals surface area contributed by atoms with Crippen LogP contribution in [0, 0.1) is 0 Å². The predicted molar refractivity (Wildman–Crippen MR) is 93.3 cm³/mol. The second-order valence-corrected chi connectivity index (χ2v) is 5.34. The summed E-state index contributed by atoms with van der Waals surface area (Å²) in [6.07, 6.45) is 4.36. The van der Waals surface area contributed by atoms with Gasteiger partial charge in [0.2, 0.25) is 0 Å². The summed E-state index contributed by atoms with van der Waals surface area (Å²) in [5, 5.41) is 0. The number of rotatable bonds is 6. The second-order valence-electron chi connectivity index (χ2n) is 5.34. The third kappa shape index (κ3) is 4.99. The third-order valence-corrected chi connectivity index (χ3v) is 3.62. The lowest BCUT2D eigenvalue weighted by molar-refractivity contribution is -0.134. The van der Waals surface area contributed by atoms with Crippen LogP contribution >= 0.6 is 0 Å². The molecule has 0 amide bonds. The van der Waals surface area contributed by atoms with Crippen LogP contribution in [-0.2, 0) is 9.53 Å². The van der Waals surface area contributed by atoms with Crippen molar-refractivity contribution in [3.63, 3.8) is 0 Å². The van der Waals surface area contributed by atoms with E-state index in [1.165, 1.54) is 13.2 Å². The van der Waals surface area contributed by atoms with Crippen LogP contribution in [0.15, 0.2) is 54.6 Å². The van der Waals surface area contributed by atoms with E-state index in [-0.39, 0.29) is 12.1 Å². The van der Waals surface area contributed by atoms with E-state index in [1.807, 2.05) is 36.4 Å². The fourth-order valence-corrected chi connectivity index (χ4v) is 2.06. The Balaban J connectivity index is 2.07. The van der Waals surface area contributed by atoms with Crippen LogP contribution in [0.5, 0.6) is 5.75 Å². The Morgan fingerprint density at radius 2 is 1.61 bits per heavy atom. The third-order valence-electron chi connectivity index (χ3n) is 3.62. The first-order valence-electron chi connectivity index (χ1n) is 7.75. The largest absolute Gasteiger partial charge is 0.491 e. The maximum absolute atomic E-state index is 11.1. The van der Waals surface area contributed by atoms with Gasteiger partial charge in [0.15, 0.2) is 0 Å². The summed E-state index contributed by atoms with van der Waals surface area (Å²) in [5.41, 5.74) is 3.20. The van der Waals surface area contributed by atoms with Crippen molar-refractivity contribution in [1.29, 1.82) is 0 Å². The van der Waals surface area contributed by atoms with E-state index in [0.717, 1.165) is 28.9 Å². The van der Waals surface area contributed by atoms with E-state index in [2.05, 4.69) is 30.7 Å². The van der Waals surface area contributed by atoms with Crippen LogP contribution < -0.4 is 4.74 Å². The number of ether oxygens (including phenoxy) is 2. The van der Waals surface area contributed by atoms with Gasteiger partial charge < -0.3 is 9.47 Å². The fraction of sp³-hybridized carbons (Fsp3) is 0.250. The molecule has 1 atom stereocenters. The summed E-state index contributed by atoms with van der Waals surface area (Å²) >= 11 is 0. The van der Waals surface area contributed by atoms with Crippen molar-refractivity contribution in [2.75, 3.05) is 7.11 Å². The van der Waals surface area contributed by atoms with Crippen LogP contribution in [0.25, 0.3) is 17.2 Å². The maximum Gasteiger partial charge on any atom is 0.330 e. The molecule has 0 bridgehead atoms. The molecular weight excluding hydrogens is 288 g/mol. The smallest absolute Gasteiger partial charge is 0.330 e. The normalized spacial score (nSPS) is 12.1. The summed E-state index contributed by atoms with van der Waals surface area (Å²) in [7, 11) is 1.37. The molecule has 0 saturated heterocycles. The first-order valence-corrected chi connectivity index (χ1v) is 7.75. The molecule has 2 aromatic carbocycles. The van der Waals surface area contributed by atoms with Crippen molar-refractivity contribution in [3.8, 4) is 16.9 Å². The average molecular weight is 310 g/mol. The first kappa shape index (κ1) is 16.8. The molecule has 0 fully saturated rings. The van der Waals surface area contributed by atoms with Crippen molar-refractivity contribution in [2.45, 2.75) is 26.4 Å². The molecule has 3 heteroatoms. The van der Waals surface area contributed by atoms with Crippen molar-refractivity contribution in [2.24, 2.45) is 0 Å². The highest BCUT2D eigenvalue weighted by molar-refractivity contribution is 5.87. The molecule has 0 aliphatic heterocycles. The van der Waals surface area contributed by atoms with Crippen molar-refractivity contribution in [3.05, 3.63) is 60.2 Å². The highest BCUT2D eigenvalue weighted by Crippen LogP contribution is 2.23. The van der Waals surface area contributed by atoms with Gasteiger partial charge in [0.1, 0.15) is 5.75 Å². The maximum atomic E-state index is 11.1. The van der Waals surface area contributed by atoms with E-state index in [1.54, 1.807) is 6.08 Å². The quantitative estimate of drug-likeness (QED) is 0.572. The number of benzene rings is 2. The van der Waals surface area contributed by atoms with Gasteiger partial charge in [-0.05, 0) is 48.2 Å². The lowest BCUT2D eigenvalue weighted by Crippen LogP contribution is -2.09. The minimum Gasteiger partial charge on any atom is -0.491 e. The van der Waals surface area contributed by atoms with E-state index >= 15 is 0 Å². The molecule has 3 nitrogen and oxygen atoms in total. The highest BCUT2D eigenvalue weighted by atomic mass is 16.5. The standard InChI is InChI=1S/C20H22O3/c1-4-15(2)23-19-12-10-18(11-13-19)17-8-5-16(6-9-17)7-14-20(21)22-3/h5-15H,4H2,1-3H3/b14-7+. The molecule has 0 aromatic heterocycles. The lowest BCUT2D eigenvalue weighted by Gasteiger charge is -2.12. The van der Waals surface area contributed by atoms with Crippen LogP contribution in [0.2, 0.25) is 0 Å². The molecule has 0 heterocycles. The highest BCUT2D eigenvalue weighted by Gasteiger charge is 2.02.